The zero-order chi connectivity index (χ0) is 15.2. The monoisotopic (exact) mass is 290 g/mol. The molecular formula is C17H22O4. The molecule has 0 aromatic heterocycles. The topological polar surface area (TPSA) is 63.6 Å². The number of esters is 1. The van der Waals surface area contributed by atoms with Crippen molar-refractivity contribution in [2.24, 2.45) is 11.8 Å². The first kappa shape index (κ1) is 15.5. The molecule has 0 aliphatic heterocycles. The highest BCUT2D eigenvalue weighted by molar-refractivity contribution is 5.87. The van der Waals surface area contributed by atoms with Crippen LogP contribution in [0.4, 0.5) is 0 Å². The third kappa shape index (κ3) is 4.31. The van der Waals surface area contributed by atoms with Crippen molar-refractivity contribution in [3.05, 3.63) is 35.4 Å². The Labute approximate surface area is 125 Å². The van der Waals surface area contributed by atoms with Crippen molar-refractivity contribution in [3.8, 4) is 0 Å². The highest BCUT2D eigenvalue weighted by Gasteiger charge is 2.27. The van der Waals surface area contributed by atoms with Gasteiger partial charge in [-0.3, -0.25) is 4.79 Å². The van der Waals surface area contributed by atoms with Crippen LogP contribution in [0.5, 0.6) is 0 Å². The van der Waals surface area contributed by atoms with Crippen LogP contribution in [0, 0.1) is 11.8 Å². The standard InChI is InChI=1S/C17H22O4/c1-2-21-17(20)15-9-5-13(6-10-15)11-12-3-7-14(8-4-12)16(18)19/h3-4,7-8,13,15H,2,5-6,9-11H2,1H3,(H,18,19). The van der Waals surface area contributed by atoms with Gasteiger partial charge < -0.3 is 9.84 Å². The van der Waals surface area contributed by atoms with Crippen molar-refractivity contribution in [2.75, 3.05) is 6.61 Å². The molecule has 114 valence electrons. The molecule has 1 aliphatic carbocycles. The van der Waals surface area contributed by atoms with Gasteiger partial charge in [0.15, 0.2) is 0 Å². The van der Waals surface area contributed by atoms with Gasteiger partial charge in [-0.25, -0.2) is 4.79 Å². The van der Waals surface area contributed by atoms with Crippen molar-refractivity contribution in [1.29, 1.82) is 0 Å². The van der Waals surface area contributed by atoms with E-state index >= 15 is 0 Å². The van der Waals surface area contributed by atoms with E-state index in [1.165, 1.54) is 5.56 Å². The lowest BCUT2D eigenvalue weighted by Crippen LogP contribution is -2.24. The molecule has 1 fully saturated rings. The SMILES string of the molecule is CCOC(=O)C1CCC(Cc2ccc(C(=O)O)cc2)CC1. The lowest BCUT2D eigenvalue weighted by molar-refractivity contribution is -0.149. The first-order chi connectivity index (χ1) is 10.1. The number of carboxylic acids is 1. The van der Waals surface area contributed by atoms with E-state index in [0.29, 0.717) is 18.1 Å². The third-order valence-corrected chi connectivity index (χ3v) is 4.19. The molecule has 0 radical (unpaired) electrons. The summed E-state index contributed by atoms with van der Waals surface area (Å²) in [5.41, 5.74) is 1.49. The lowest BCUT2D eigenvalue weighted by Gasteiger charge is -2.27. The van der Waals surface area contributed by atoms with E-state index in [1.807, 2.05) is 19.1 Å². The maximum atomic E-state index is 11.7. The Hall–Kier alpha value is -1.84. The second-order valence-corrected chi connectivity index (χ2v) is 5.68. The van der Waals surface area contributed by atoms with Crippen LogP contribution in [0.1, 0.15) is 48.5 Å². The van der Waals surface area contributed by atoms with E-state index in [4.69, 9.17) is 9.84 Å². The molecule has 1 aliphatic rings. The number of benzene rings is 1. The summed E-state index contributed by atoms with van der Waals surface area (Å²) in [6.45, 7) is 2.29. The van der Waals surface area contributed by atoms with Gasteiger partial charge in [-0.05, 0) is 62.6 Å². The number of hydrogen-bond donors (Lipinski definition) is 1. The van der Waals surface area contributed by atoms with Crippen LogP contribution in [0.3, 0.4) is 0 Å². The van der Waals surface area contributed by atoms with Crippen molar-refractivity contribution in [2.45, 2.75) is 39.0 Å². The Balaban J connectivity index is 1.83. The predicted molar refractivity (Wildman–Crippen MR) is 79.2 cm³/mol. The van der Waals surface area contributed by atoms with Gasteiger partial charge in [-0.15, -0.1) is 0 Å². The number of carbonyl (C=O) groups excluding carboxylic acids is 1. The van der Waals surface area contributed by atoms with Gasteiger partial charge in [0.25, 0.3) is 0 Å². The maximum absolute atomic E-state index is 11.7. The molecule has 2 rings (SSSR count). The Kier molecular flexibility index (Phi) is 5.37. The molecule has 0 bridgehead atoms. The van der Waals surface area contributed by atoms with Crippen LogP contribution >= 0.6 is 0 Å². The van der Waals surface area contributed by atoms with E-state index in [2.05, 4.69) is 0 Å². The highest BCUT2D eigenvalue weighted by atomic mass is 16.5. The Morgan fingerprint density at radius 3 is 2.29 bits per heavy atom. The molecule has 0 saturated heterocycles. The van der Waals surface area contributed by atoms with E-state index in [0.717, 1.165) is 32.1 Å². The Bertz CT molecular complexity index is 484. The fourth-order valence-electron chi connectivity index (χ4n) is 2.98. The number of carbonyl (C=O) groups is 2. The predicted octanol–water partition coefficient (Wildman–Crippen LogP) is 3.30. The van der Waals surface area contributed by atoms with Crippen LogP contribution in [0.2, 0.25) is 0 Å². The smallest absolute Gasteiger partial charge is 0.335 e. The molecule has 1 N–H and O–H groups in total. The van der Waals surface area contributed by atoms with Crippen LogP contribution in [0.15, 0.2) is 24.3 Å². The summed E-state index contributed by atoms with van der Waals surface area (Å²) in [6.07, 6.45) is 4.82. The number of hydrogen-bond acceptors (Lipinski definition) is 3. The van der Waals surface area contributed by atoms with Gasteiger partial charge in [0.2, 0.25) is 0 Å². The first-order valence-electron chi connectivity index (χ1n) is 7.59. The molecular weight excluding hydrogens is 268 g/mol. The van der Waals surface area contributed by atoms with Crippen molar-refractivity contribution >= 4 is 11.9 Å². The minimum absolute atomic E-state index is 0.0539. The van der Waals surface area contributed by atoms with Gasteiger partial charge in [-0.1, -0.05) is 12.1 Å². The van der Waals surface area contributed by atoms with E-state index in [9.17, 15) is 9.59 Å². The molecule has 4 nitrogen and oxygen atoms in total. The second kappa shape index (κ2) is 7.25. The van der Waals surface area contributed by atoms with Gasteiger partial charge in [-0.2, -0.15) is 0 Å². The first-order valence-corrected chi connectivity index (χ1v) is 7.59. The van der Waals surface area contributed by atoms with Crippen molar-refractivity contribution in [3.63, 3.8) is 0 Å². The van der Waals surface area contributed by atoms with Crippen LogP contribution in [-0.4, -0.2) is 23.7 Å². The molecule has 0 heterocycles. The summed E-state index contributed by atoms with van der Waals surface area (Å²) in [5, 5.41) is 8.88. The number of rotatable bonds is 5. The summed E-state index contributed by atoms with van der Waals surface area (Å²) in [7, 11) is 0. The average molecular weight is 290 g/mol. The summed E-state index contributed by atoms with van der Waals surface area (Å²) in [6, 6.07) is 7.09. The quantitative estimate of drug-likeness (QED) is 0.845. The molecule has 21 heavy (non-hydrogen) atoms. The number of carboxylic acid groups (broad SMARTS) is 1. The summed E-state index contributed by atoms with van der Waals surface area (Å²) < 4.78 is 5.08. The maximum Gasteiger partial charge on any atom is 0.335 e. The van der Waals surface area contributed by atoms with Crippen molar-refractivity contribution in [1.82, 2.24) is 0 Å². The van der Waals surface area contributed by atoms with Crippen LogP contribution in [-0.2, 0) is 16.0 Å². The van der Waals surface area contributed by atoms with E-state index in [-0.39, 0.29) is 11.9 Å². The van der Waals surface area contributed by atoms with Crippen LogP contribution in [0.25, 0.3) is 0 Å². The fraction of sp³-hybridized carbons (Fsp3) is 0.529. The average Bonchev–Trinajstić information content (AvgIpc) is 2.49. The molecule has 1 saturated carbocycles. The van der Waals surface area contributed by atoms with Gasteiger partial charge in [0, 0.05) is 0 Å². The molecule has 0 amide bonds. The highest BCUT2D eigenvalue weighted by Crippen LogP contribution is 2.31. The number of aromatic carboxylic acids is 1. The largest absolute Gasteiger partial charge is 0.478 e. The summed E-state index contributed by atoms with van der Waals surface area (Å²) in [4.78, 5) is 22.5. The zero-order valence-electron chi connectivity index (χ0n) is 12.4. The normalized spacial score (nSPS) is 21.8. The Morgan fingerprint density at radius 2 is 1.76 bits per heavy atom. The minimum atomic E-state index is -0.892. The number of ether oxygens (including phenoxy) is 1. The molecule has 0 spiro atoms. The lowest BCUT2D eigenvalue weighted by atomic mass is 9.79. The van der Waals surface area contributed by atoms with Crippen LogP contribution < -0.4 is 0 Å². The molecule has 4 heteroatoms. The molecule has 0 unspecified atom stereocenters. The van der Waals surface area contributed by atoms with Gasteiger partial charge in [0.05, 0.1) is 18.1 Å². The second-order valence-electron chi connectivity index (χ2n) is 5.68. The van der Waals surface area contributed by atoms with E-state index in [1.54, 1.807) is 12.1 Å². The molecule has 0 atom stereocenters. The molecule has 1 aromatic carbocycles. The van der Waals surface area contributed by atoms with Crippen molar-refractivity contribution < 1.29 is 19.4 Å². The molecule has 1 aromatic rings. The van der Waals surface area contributed by atoms with E-state index < -0.39 is 5.97 Å². The third-order valence-electron chi connectivity index (χ3n) is 4.19. The fourth-order valence-corrected chi connectivity index (χ4v) is 2.98. The summed E-state index contributed by atoms with van der Waals surface area (Å²) in [5.74, 6) is -0.305. The Morgan fingerprint density at radius 1 is 1.14 bits per heavy atom. The minimum Gasteiger partial charge on any atom is -0.478 e. The summed E-state index contributed by atoms with van der Waals surface area (Å²) >= 11 is 0. The van der Waals surface area contributed by atoms with Gasteiger partial charge in [0.1, 0.15) is 0 Å². The van der Waals surface area contributed by atoms with Gasteiger partial charge >= 0.3 is 11.9 Å². The zero-order valence-corrected chi connectivity index (χ0v) is 12.4.